The Bertz CT molecular complexity index is 355. The van der Waals surface area contributed by atoms with Crippen molar-refractivity contribution in [2.24, 2.45) is 0 Å². The lowest BCUT2D eigenvalue weighted by molar-refractivity contribution is 0.641. The van der Waals surface area contributed by atoms with Gasteiger partial charge >= 0.3 is 0 Å². The molecule has 0 saturated carbocycles. The van der Waals surface area contributed by atoms with Crippen molar-refractivity contribution in [2.45, 2.75) is 0 Å². The third kappa shape index (κ3) is 0.708. The summed E-state index contributed by atoms with van der Waals surface area (Å²) < 4.78 is 13.6. The molecule has 2 aromatic heterocycles. The van der Waals surface area contributed by atoms with Crippen LogP contribution in [0.1, 0.15) is 0 Å². The second kappa shape index (κ2) is 2.02. The SMILES string of the molecule is Fc1csc2cccnc12. The second-order valence-electron chi connectivity index (χ2n) is 1.93. The zero-order chi connectivity index (χ0) is 6.97. The maximum atomic E-state index is 12.7. The summed E-state index contributed by atoms with van der Waals surface area (Å²) in [4.78, 5) is 3.88. The molecule has 1 nitrogen and oxygen atoms in total. The highest BCUT2D eigenvalue weighted by atomic mass is 32.1. The van der Waals surface area contributed by atoms with Gasteiger partial charge in [-0.3, -0.25) is 4.98 Å². The third-order valence-corrected chi connectivity index (χ3v) is 2.19. The van der Waals surface area contributed by atoms with Crippen LogP contribution < -0.4 is 0 Å². The van der Waals surface area contributed by atoms with E-state index in [1.54, 1.807) is 12.3 Å². The minimum Gasteiger partial charge on any atom is -0.252 e. The second-order valence-corrected chi connectivity index (χ2v) is 2.85. The summed E-state index contributed by atoms with van der Waals surface area (Å²) in [5.74, 6) is -0.222. The fourth-order valence-corrected chi connectivity index (χ4v) is 1.60. The maximum Gasteiger partial charge on any atom is 0.160 e. The highest BCUT2D eigenvalue weighted by Gasteiger charge is 2.00. The Labute approximate surface area is 61.1 Å². The Balaban J connectivity index is 2.93. The van der Waals surface area contributed by atoms with Crippen molar-refractivity contribution in [3.63, 3.8) is 0 Å². The molecule has 0 radical (unpaired) electrons. The molecule has 2 rings (SSSR count). The van der Waals surface area contributed by atoms with Crippen LogP contribution in [0.3, 0.4) is 0 Å². The number of nitrogens with zero attached hydrogens (tertiary/aromatic N) is 1. The van der Waals surface area contributed by atoms with Crippen LogP contribution in [0.5, 0.6) is 0 Å². The third-order valence-electron chi connectivity index (χ3n) is 1.29. The molecule has 0 aromatic carbocycles. The molecule has 2 aromatic rings. The minimum absolute atomic E-state index is 0.222. The molecule has 0 spiro atoms. The molecule has 0 aliphatic carbocycles. The first-order valence-corrected chi connectivity index (χ1v) is 3.73. The van der Waals surface area contributed by atoms with E-state index in [9.17, 15) is 4.39 Å². The average molecular weight is 153 g/mol. The van der Waals surface area contributed by atoms with Crippen LogP contribution in [-0.4, -0.2) is 4.98 Å². The Hall–Kier alpha value is -0.960. The summed E-state index contributed by atoms with van der Waals surface area (Å²) in [5, 5.41) is 1.47. The molecule has 3 heteroatoms. The first-order valence-electron chi connectivity index (χ1n) is 2.85. The molecular formula is C7H4FNS. The molecular weight excluding hydrogens is 149 g/mol. The van der Waals surface area contributed by atoms with Gasteiger partial charge in [-0.2, -0.15) is 0 Å². The Kier molecular flexibility index (Phi) is 1.17. The predicted molar refractivity (Wildman–Crippen MR) is 39.6 cm³/mol. The van der Waals surface area contributed by atoms with E-state index < -0.39 is 0 Å². The summed E-state index contributed by atoms with van der Waals surface area (Å²) in [6.07, 6.45) is 1.60. The molecule has 50 valence electrons. The van der Waals surface area contributed by atoms with Crippen LogP contribution in [0.4, 0.5) is 4.39 Å². The highest BCUT2D eigenvalue weighted by molar-refractivity contribution is 7.17. The molecule has 0 unspecified atom stereocenters. The summed E-state index contributed by atoms with van der Waals surface area (Å²) in [7, 11) is 0. The number of halogens is 1. The van der Waals surface area contributed by atoms with E-state index in [2.05, 4.69) is 4.98 Å². The van der Waals surface area contributed by atoms with E-state index in [4.69, 9.17) is 0 Å². The minimum atomic E-state index is -0.222. The van der Waals surface area contributed by atoms with E-state index in [1.165, 1.54) is 16.7 Å². The van der Waals surface area contributed by atoms with E-state index in [0.717, 1.165) is 4.70 Å². The van der Waals surface area contributed by atoms with Gasteiger partial charge in [0.25, 0.3) is 0 Å². The number of aromatic nitrogens is 1. The molecule has 0 atom stereocenters. The van der Waals surface area contributed by atoms with Crippen LogP contribution in [-0.2, 0) is 0 Å². The monoisotopic (exact) mass is 153 g/mol. The van der Waals surface area contributed by atoms with Gasteiger partial charge in [0.05, 0.1) is 4.70 Å². The largest absolute Gasteiger partial charge is 0.252 e. The number of pyridine rings is 1. The Morgan fingerprint density at radius 2 is 2.40 bits per heavy atom. The van der Waals surface area contributed by atoms with Crippen LogP contribution in [0.25, 0.3) is 10.2 Å². The first kappa shape index (κ1) is 5.80. The first-order chi connectivity index (χ1) is 4.88. The Morgan fingerprint density at radius 1 is 1.50 bits per heavy atom. The van der Waals surface area contributed by atoms with Crippen molar-refractivity contribution in [3.8, 4) is 0 Å². The zero-order valence-electron chi connectivity index (χ0n) is 5.04. The summed E-state index contributed by atoms with van der Waals surface area (Å²) in [6.45, 7) is 0. The highest BCUT2D eigenvalue weighted by Crippen LogP contribution is 2.21. The van der Waals surface area contributed by atoms with Crippen LogP contribution in [0.15, 0.2) is 23.7 Å². The van der Waals surface area contributed by atoms with Gasteiger partial charge in [0.1, 0.15) is 5.52 Å². The van der Waals surface area contributed by atoms with Crippen molar-refractivity contribution < 1.29 is 4.39 Å². The lowest BCUT2D eigenvalue weighted by Crippen LogP contribution is -1.72. The van der Waals surface area contributed by atoms with Crippen LogP contribution in [0, 0.1) is 5.82 Å². The van der Waals surface area contributed by atoms with Crippen molar-refractivity contribution in [2.75, 3.05) is 0 Å². The quantitative estimate of drug-likeness (QED) is 0.566. The van der Waals surface area contributed by atoms with Gasteiger partial charge in [-0.05, 0) is 12.1 Å². The van der Waals surface area contributed by atoms with Gasteiger partial charge < -0.3 is 0 Å². The topological polar surface area (TPSA) is 12.9 Å². The van der Waals surface area contributed by atoms with Gasteiger partial charge in [0.2, 0.25) is 0 Å². The Morgan fingerprint density at radius 3 is 3.20 bits per heavy atom. The van der Waals surface area contributed by atoms with Crippen molar-refractivity contribution in [1.29, 1.82) is 0 Å². The number of fused-ring (bicyclic) bond motifs is 1. The zero-order valence-corrected chi connectivity index (χ0v) is 5.86. The molecule has 0 bridgehead atoms. The lowest BCUT2D eigenvalue weighted by atomic mass is 10.4. The van der Waals surface area contributed by atoms with E-state index in [0.29, 0.717) is 5.52 Å². The molecule has 2 heterocycles. The summed E-state index contributed by atoms with van der Waals surface area (Å²) in [6, 6.07) is 3.66. The van der Waals surface area contributed by atoms with Gasteiger partial charge in [0, 0.05) is 11.6 Å². The fraction of sp³-hybridized carbons (Fsp3) is 0. The molecule has 0 amide bonds. The van der Waals surface area contributed by atoms with Crippen LogP contribution >= 0.6 is 11.3 Å². The average Bonchev–Trinajstić information content (AvgIpc) is 2.34. The maximum absolute atomic E-state index is 12.7. The molecule has 0 aliphatic rings. The molecule has 0 fully saturated rings. The van der Waals surface area contributed by atoms with Gasteiger partial charge in [-0.1, -0.05) is 0 Å². The number of hydrogen-bond donors (Lipinski definition) is 0. The normalized spacial score (nSPS) is 10.5. The number of rotatable bonds is 0. The van der Waals surface area contributed by atoms with Gasteiger partial charge in [-0.25, -0.2) is 4.39 Å². The van der Waals surface area contributed by atoms with Gasteiger partial charge in [-0.15, -0.1) is 11.3 Å². The number of thiophene rings is 1. The smallest absolute Gasteiger partial charge is 0.160 e. The molecule has 10 heavy (non-hydrogen) atoms. The van der Waals surface area contributed by atoms with E-state index >= 15 is 0 Å². The van der Waals surface area contributed by atoms with Gasteiger partial charge in [0.15, 0.2) is 5.82 Å². The summed E-state index contributed by atoms with van der Waals surface area (Å²) >= 11 is 1.38. The molecule has 0 aliphatic heterocycles. The summed E-state index contributed by atoms with van der Waals surface area (Å²) in [5.41, 5.74) is 0.479. The van der Waals surface area contributed by atoms with E-state index in [1.807, 2.05) is 6.07 Å². The number of hydrogen-bond acceptors (Lipinski definition) is 2. The van der Waals surface area contributed by atoms with Crippen molar-refractivity contribution in [1.82, 2.24) is 4.98 Å². The standard InChI is InChI=1S/C7H4FNS/c8-5-4-10-6-2-1-3-9-7(5)6/h1-4H. The lowest BCUT2D eigenvalue weighted by Gasteiger charge is -1.83. The van der Waals surface area contributed by atoms with Crippen molar-refractivity contribution >= 4 is 21.6 Å². The molecule has 0 N–H and O–H groups in total. The van der Waals surface area contributed by atoms with E-state index in [-0.39, 0.29) is 5.82 Å². The molecule has 0 saturated heterocycles. The fourth-order valence-electron chi connectivity index (χ4n) is 0.836. The predicted octanol–water partition coefficient (Wildman–Crippen LogP) is 2.44. The van der Waals surface area contributed by atoms with Crippen LogP contribution in [0.2, 0.25) is 0 Å². The van der Waals surface area contributed by atoms with Crippen molar-refractivity contribution in [3.05, 3.63) is 29.5 Å².